The number of Topliss-reactive ketones (excluding diaryl/α,β-unsaturated/α-hetero) is 2. The van der Waals surface area contributed by atoms with E-state index in [2.05, 4.69) is 34.6 Å². The zero-order chi connectivity index (χ0) is 30.4. The van der Waals surface area contributed by atoms with E-state index in [1.165, 1.54) is 38.5 Å². The Bertz CT molecular complexity index is 1090. The molecule has 1 aliphatic carbocycles. The molecule has 0 radical (unpaired) electrons. The van der Waals surface area contributed by atoms with Crippen LogP contribution in [0.2, 0.25) is 0 Å². The number of allylic oxidation sites excluding steroid dienone is 2. The van der Waals surface area contributed by atoms with Crippen LogP contribution in [0.15, 0.2) is 35.3 Å². The summed E-state index contributed by atoms with van der Waals surface area (Å²) in [5.74, 6) is 0.651. The maximum atomic E-state index is 13.4. The van der Waals surface area contributed by atoms with Gasteiger partial charge >= 0.3 is 0 Å². The van der Waals surface area contributed by atoms with Crippen LogP contribution in [0.4, 0.5) is 0 Å². The number of carbonyl (C=O) groups is 2. The lowest BCUT2D eigenvalue weighted by atomic mass is 9.81. The highest BCUT2D eigenvalue weighted by Crippen LogP contribution is 2.30. The van der Waals surface area contributed by atoms with E-state index in [1.807, 2.05) is 0 Å². The number of ketones is 2. The Kier molecular flexibility index (Phi) is 7.82. The fraction of sp³-hybridized carbons (Fsp3) is 0.677. The molecule has 0 N–H and O–H groups in total. The van der Waals surface area contributed by atoms with Gasteiger partial charge in [-0.25, -0.2) is 0 Å². The van der Waals surface area contributed by atoms with Crippen molar-refractivity contribution < 1.29 is 19.2 Å². The topological polar surface area (TPSA) is 34.1 Å². The number of hydrogen-bond donors (Lipinski definition) is 0. The summed E-state index contributed by atoms with van der Waals surface area (Å²) in [7, 11) is 0. The molecule has 0 heterocycles. The van der Waals surface area contributed by atoms with Crippen molar-refractivity contribution in [2.45, 2.75) is 112 Å². The number of hydrogen-bond acceptors (Lipinski definition) is 2. The average molecular weight is 460 g/mol. The molecule has 184 valence electrons. The third-order valence-corrected chi connectivity index (χ3v) is 7.10. The monoisotopic (exact) mass is 459 g/mol. The van der Waals surface area contributed by atoms with E-state index in [4.69, 9.17) is 9.60 Å². The summed E-state index contributed by atoms with van der Waals surface area (Å²) in [6, 6.07) is -2.52. The molecule has 33 heavy (non-hydrogen) atoms. The molecule has 2 rings (SSSR count). The minimum absolute atomic E-state index is 0.0892. The van der Waals surface area contributed by atoms with Gasteiger partial charge in [-0.1, -0.05) is 117 Å². The molecule has 1 aliphatic rings. The van der Waals surface area contributed by atoms with Crippen LogP contribution in [0, 0.1) is 23.7 Å². The third-order valence-electron chi connectivity index (χ3n) is 7.10. The van der Waals surface area contributed by atoms with Gasteiger partial charge in [-0.3, -0.25) is 9.59 Å². The first-order chi connectivity index (χ1) is 18.6. The molecule has 0 spiro atoms. The highest BCUT2D eigenvalue weighted by atomic mass is 16.1. The number of rotatable bonds is 15. The SMILES string of the molecule is [2H]c1c([2H])c([2H])c2c(c1[2H])C(=O)C(CCC(C)CCCC(C)CCCC(C)CCCC(C)C)=C(C([2H])([2H])[2H])C2=O. The van der Waals surface area contributed by atoms with E-state index in [9.17, 15) is 9.59 Å². The Morgan fingerprint density at radius 3 is 1.64 bits per heavy atom. The van der Waals surface area contributed by atoms with E-state index in [0.717, 1.165) is 31.1 Å². The van der Waals surface area contributed by atoms with Crippen LogP contribution in [0.5, 0.6) is 0 Å². The van der Waals surface area contributed by atoms with Gasteiger partial charge in [0.25, 0.3) is 0 Å². The normalized spacial score (nSPS) is 20.2. The third kappa shape index (κ3) is 8.87. The van der Waals surface area contributed by atoms with Gasteiger partial charge in [-0.05, 0) is 43.4 Å². The quantitative estimate of drug-likeness (QED) is 0.262. The molecule has 1 aromatic rings. The molecule has 0 aromatic heterocycles. The van der Waals surface area contributed by atoms with E-state index in [0.29, 0.717) is 12.3 Å². The maximum absolute atomic E-state index is 13.4. The van der Waals surface area contributed by atoms with Crippen LogP contribution >= 0.6 is 0 Å². The van der Waals surface area contributed by atoms with Crippen molar-refractivity contribution in [3.05, 3.63) is 46.4 Å². The van der Waals surface area contributed by atoms with E-state index >= 15 is 0 Å². The van der Waals surface area contributed by atoms with Gasteiger partial charge in [0.1, 0.15) is 0 Å². The predicted molar refractivity (Wildman–Crippen MR) is 141 cm³/mol. The van der Waals surface area contributed by atoms with Crippen molar-refractivity contribution in [1.29, 1.82) is 0 Å². The summed E-state index contributed by atoms with van der Waals surface area (Å²) in [5.41, 5.74) is -1.67. The lowest BCUT2D eigenvalue weighted by molar-refractivity contribution is 0.0971. The summed E-state index contributed by atoms with van der Waals surface area (Å²) >= 11 is 0. The number of carbonyl (C=O) groups excluding carboxylic acids is 2. The minimum atomic E-state index is -2.86. The summed E-state index contributed by atoms with van der Waals surface area (Å²) in [5, 5.41) is 0. The molecule has 2 heteroatoms. The van der Waals surface area contributed by atoms with Gasteiger partial charge < -0.3 is 0 Å². The summed E-state index contributed by atoms with van der Waals surface area (Å²) < 4.78 is 55.8. The highest BCUT2D eigenvalue weighted by Gasteiger charge is 2.29. The Balaban J connectivity index is 1.95. The zero-order valence-electron chi connectivity index (χ0n) is 28.4. The van der Waals surface area contributed by atoms with E-state index in [-0.39, 0.29) is 17.9 Å². The van der Waals surface area contributed by atoms with Crippen LogP contribution < -0.4 is 0 Å². The standard InChI is InChI=1S/C31H48O2/c1-22(2)12-9-13-23(3)14-10-15-24(4)16-11-17-25(5)20-21-27-26(6)30(32)28-18-7-8-19-29(28)31(27)33/h7-8,18-19,22-25H,9-17,20-21H2,1-6H3/i6D3,7D,8D,18D,19D. The summed E-state index contributed by atoms with van der Waals surface area (Å²) in [4.78, 5) is 26.6. The Morgan fingerprint density at radius 1 is 0.697 bits per heavy atom. The fourth-order valence-corrected chi connectivity index (χ4v) is 4.75. The van der Waals surface area contributed by atoms with Gasteiger partial charge in [-0.15, -0.1) is 0 Å². The zero-order valence-corrected chi connectivity index (χ0v) is 21.4. The lowest BCUT2D eigenvalue weighted by Crippen LogP contribution is -2.21. The van der Waals surface area contributed by atoms with Gasteiger partial charge in [0.05, 0.1) is 5.48 Å². The van der Waals surface area contributed by atoms with Gasteiger partial charge in [0, 0.05) is 26.4 Å². The molecule has 0 fully saturated rings. The molecule has 0 bridgehead atoms. The molecular formula is C31H48O2. The van der Waals surface area contributed by atoms with Crippen molar-refractivity contribution in [2.75, 3.05) is 0 Å². The molecule has 0 saturated heterocycles. The Labute approximate surface area is 213 Å². The van der Waals surface area contributed by atoms with Crippen molar-refractivity contribution in [3.8, 4) is 0 Å². The van der Waals surface area contributed by atoms with E-state index < -0.39 is 59.3 Å². The van der Waals surface area contributed by atoms with Crippen LogP contribution in [-0.4, -0.2) is 11.6 Å². The Morgan fingerprint density at radius 2 is 1.15 bits per heavy atom. The van der Waals surface area contributed by atoms with Crippen molar-refractivity contribution in [3.63, 3.8) is 0 Å². The Hall–Kier alpha value is -1.70. The fourth-order valence-electron chi connectivity index (χ4n) is 4.75. The maximum Gasteiger partial charge on any atom is 0.190 e. The average Bonchev–Trinajstić information content (AvgIpc) is 2.85. The molecule has 1 aromatic carbocycles. The second-order valence-electron chi connectivity index (χ2n) is 10.8. The first-order valence-corrected chi connectivity index (χ1v) is 13.0. The molecule has 3 atom stereocenters. The number of fused-ring (bicyclic) bond motifs is 1. The smallest absolute Gasteiger partial charge is 0.190 e. The van der Waals surface area contributed by atoms with E-state index in [1.54, 1.807) is 0 Å². The van der Waals surface area contributed by atoms with Crippen LogP contribution in [0.1, 0.15) is 142 Å². The summed E-state index contributed by atoms with van der Waals surface area (Å²) in [6.07, 6.45) is 11.4. The van der Waals surface area contributed by atoms with Crippen LogP contribution in [0.25, 0.3) is 0 Å². The predicted octanol–water partition coefficient (Wildman–Crippen LogP) is 9.24. The second-order valence-corrected chi connectivity index (χ2v) is 10.8. The molecule has 0 amide bonds. The largest absolute Gasteiger partial charge is 0.289 e. The van der Waals surface area contributed by atoms with Gasteiger partial charge in [0.15, 0.2) is 11.6 Å². The molecular weight excluding hydrogens is 404 g/mol. The van der Waals surface area contributed by atoms with Gasteiger partial charge in [0.2, 0.25) is 0 Å². The molecule has 3 unspecified atom stereocenters. The molecule has 0 aliphatic heterocycles. The van der Waals surface area contributed by atoms with Crippen molar-refractivity contribution >= 4 is 11.6 Å². The molecule has 2 nitrogen and oxygen atoms in total. The highest BCUT2D eigenvalue weighted by molar-refractivity contribution is 6.26. The molecule has 0 saturated carbocycles. The lowest BCUT2D eigenvalue weighted by Gasteiger charge is -2.20. The van der Waals surface area contributed by atoms with Crippen molar-refractivity contribution in [2.24, 2.45) is 23.7 Å². The second kappa shape index (κ2) is 13.9. The first-order valence-electron chi connectivity index (χ1n) is 16.5. The number of benzene rings is 1. The first kappa shape index (κ1) is 18.6. The summed E-state index contributed by atoms with van der Waals surface area (Å²) in [6.45, 7) is 8.42. The minimum Gasteiger partial charge on any atom is -0.289 e. The van der Waals surface area contributed by atoms with Crippen LogP contribution in [-0.2, 0) is 0 Å². The van der Waals surface area contributed by atoms with Gasteiger partial charge in [-0.2, -0.15) is 0 Å². The van der Waals surface area contributed by atoms with Crippen molar-refractivity contribution in [1.82, 2.24) is 0 Å². The van der Waals surface area contributed by atoms with Crippen LogP contribution in [0.3, 0.4) is 0 Å².